The van der Waals surface area contributed by atoms with Crippen LogP contribution in [0.15, 0.2) is 247 Å². The Labute approximate surface area is 376 Å². The third-order valence-electron chi connectivity index (χ3n) is 13.1. The first-order valence-corrected chi connectivity index (χ1v) is 22.2. The Morgan fingerprint density at radius 1 is 0.338 bits per heavy atom. The van der Waals surface area contributed by atoms with Crippen LogP contribution in [0.4, 0.5) is 17.1 Å². The van der Waals surface area contributed by atoms with Crippen molar-refractivity contribution in [2.75, 3.05) is 4.90 Å². The van der Waals surface area contributed by atoms with E-state index in [1.807, 2.05) is 12.1 Å². The number of anilines is 3. The van der Waals surface area contributed by atoms with Gasteiger partial charge in [-0.05, 0) is 105 Å². The zero-order valence-electron chi connectivity index (χ0n) is 35.4. The first-order chi connectivity index (χ1) is 32.2. The quantitative estimate of drug-likeness (QED) is 0.160. The summed E-state index contributed by atoms with van der Waals surface area (Å²) in [6, 6.07) is 87.7. The third kappa shape index (κ3) is 6.05. The molecule has 0 spiro atoms. The topological polar surface area (TPSA) is 21.3 Å². The minimum Gasteiger partial charge on any atom is -0.455 e. The molecule has 65 heavy (non-hydrogen) atoms. The molecular formula is C62H40N2O. The van der Waals surface area contributed by atoms with Crippen LogP contribution < -0.4 is 4.90 Å². The van der Waals surface area contributed by atoms with E-state index in [-0.39, 0.29) is 0 Å². The van der Waals surface area contributed by atoms with Crippen molar-refractivity contribution in [2.24, 2.45) is 0 Å². The molecule has 0 aliphatic heterocycles. The molecule has 0 atom stereocenters. The van der Waals surface area contributed by atoms with Gasteiger partial charge in [-0.3, -0.25) is 0 Å². The fraction of sp³-hybridized carbons (Fsp3) is 0. The number of furan rings is 1. The molecule has 0 amide bonds. The number of fused-ring (bicyclic) bond motifs is 9. The van der Waals surface area contributed by atoms with Gasteiger partial charge in [-0.15, -0.1) is 0 Å². The highest BCUT2D eigenvalue weighted by Crippen LogP contribution is 2.45. The summed E-state index contributed by atoms with van der Waals surface area (Å²) in [5.41, 5.74) is 15.4. The molecule has 13 rings (SSSR count). The molecule has 0 N–H and O–H groups in total. The highest BCUT2D eigenvalue weighted by Gasteiger charge is 2.20. The molecule has 0 aliphatic rings. The maximum absolute atomic E-state index is 6.54. The fourth-order valence-electron chi connectivity index (χ4n) is 10.2. The molecule has 0 aliphatic carbocycles. The van der Waals surface area contributed by atoms with E-state index in [1.165, 1.54) is 54.5 Å². The molecule has 2 aromatic heterocycles. The first kappa shape index (κ1) is 36.9. The summed E-state index contributed by atoms with van der Waals surface area (Å²) in [6.07, 6.45) is 0. The standard InChI is InChI=1S/C62H40N2O/c1-2-16-42(17-3-1)51-30-13-20-43-36-37-58-61(60(43)51)55-29-6-8-33-57(55)64(58)49-26-11-22-45(39-49)44-21-10-24-47(38-44)63(56-34-14-19-41-18-4-5-27-50(41)56)48-25-12-23-46(40-48)52-31-15-32-54-53-28-7-9-35-59(53)65-62(52)54/h1-40H. The highest BCUT2D eigenvalue weighted by molar-refractivity contribution is 6.25. The van der Waals surface area contributed by atoms with Gasteiger partial charge in [0.15, 0.2) is 0 Å². The van der Waals surface area contributed by atoms with Crippen LogP contribution in [0, 0.1) is 0 Å². The second kappa shape index (κ2) is 15.0. The first-order valence-electron chi connectivity index (χ1n) is 22.2. The van der Waals surface area contributed by atoms with Gasteiger partial charge in [-0.2, -0.15) is 0 Å². The van der Waals surface area contributed by atoms with Gasteiger partial charge < -0.3 is 13.9 Å². The summed E-state index contributed by atoms with van der Waals surface area (Å²) in [6.45, 7) is 0. The summed E-state index contributed by atoms with van der Waals surface area (Å²) in [4.78, 5) is 2.40. The molecule has 0 radical (unpaired) electrons. The van der Waals surface area contributed by atoms with Crippen molar-refractivity contribution in [3.63, 3.8) is 0 Å². The summed E-state index contributed by atoms with van der Waals surface area (Å²) in [5.74, 6) is 0. The van der Waals surface area contributed by atoms with Crippen molar-refractivity contribution in [3.8, 4) is 39.1 Å². The Balaban J connectivity index is 0.968. The maximum atomic E-state index is 6.54. The maximum Gasteiger partial charge on any atom is 0.143 e. The minimum absolute atomic E-state index is 0.896. The number of nitrogens with zero attached hydrogens (tertiary/aromatic N) is 2. The van der Waals surface area contributed by atoms with Gasteiger partial charge in [-0.1, -0.05) is 182 Å². The fourth-order valence-corrected chi connectivity index (χ4v) is 10.2. The summed E-state index contributed by atoms with van der Waals surface area (Å²) < 4.78 is 8.98. The van der Waals surface area contributed by atoms with Crippen molar-refractivity contribution in [1.29, 1.82) is 0 Å². The minimum atomic E-state index is 0.896. The van der Waals surface area contributed by atoms with Crippen molar-refractivity contribution >= 4 is 82.4 Å². The van der Waals surface area contributed by atoms with Crippen LogP contribution in [0.5, 0.6) is 0 Å². The largest absolute Gasteiger partial charge is 0.455 e. The van der Waals surface area contributed by atoms with Crippen LogP contribution in [0.2, 0.25) is 0 Å². The molecule has 3 nitrogen and oxygen atoms in total. The monoisotopic (exact) mass is 828 g/mol. The number of para-hydroxylation sites is 3. The van der Waals surface area contributed by atoms with E-state index in [4.69, 9.17) is 4.42 Å². The van der Waals surface area contributed by atoms with Gasteiger partial charge in [0, 0.05) is 49.6 Å². The Kier molecular flexibility index (Phi) is 8.53. The number of rotatable bonds is 7. The lowest BCUT2D eigenvalue weighted by Crippen LogP contribution is -2.10. The predicted molar refractivity (Wildman–Crippen MR) is 274 cm³/mol. The molecule has 3 heteroatoms. The van der Waals surface area contributed by atoms with Gasteiger partial charge >= 0.3 is 0 Å². The second-order valence-corrected chi connectivity index (χ2v) is 16.8. The second-order valence-electron chi connectivity index (χ2n) is 16.8. The third-order valence-corrected chi connectivity index (χ3v) is 13.1. The Bertz CT molecular complexity index is 3960. The van der Waals surface area contributed by atoms with Gasteiger partial charge in [0.2, 0.25) is 0 Å². The average molecular weight is 829 g/mol. The Morgan fingerprint density at radius 3 is 1.82 bits per heavy atom. The van der Waals surface area contributed by atoms with E-state index < -0.39 is 0 Å². The molecule has 0 saturated carbocycles. The van der Waals surface area contributed by atoms with Crippen LogP contribution in [0.25, 0.3) is 104 Å². The summed E-state index contributed by atoms with van der Waals surface area (Å²) in [5, 5.41) is 9.65. The molecule has 0 bridgehead atoms. The zero-order valence-corrected chi connectivity index (χ0v) is 35.4. The number of aromatic nitrogens is 1. The molecular weight excluding hydrogens is 789 g/mol. The van der Waals surface area contributed by atoms with Crippen LogP contribution in [0.3, 0.4) is 0 Å². The van der Waals surface area contributed by atoms with Crippen LogP contribution in [0.1, 0.15) is 0 Å². The Hall–Kier alpha value is -8.66. The number of benzene rings is 11. The van der Waals surface area contributed by atoms with Crippen molar-refractivity contribution in [3.05, 3.63) is 243 Å². The molecule has 11 aromatic carbocycles. The van der Waals surface area contributed by atoms with Crippen molar-refractivity contribution in [2.45, 2.75) is 0 Å². The molecule has 0 unspecified atom stereocenters. The van der Waals surface area contributed by atoms with Crippen molar-refractivity contribution < 1.29 is 4.42 Å². The lowest BCUT2D eigenvalue weighted by atomic mass is 9.94. The summed E-state index contributed by atoms with van der Waals surface area (Å²) in [7, 11) is 0. The molecule has 2 heterocycles. The lowest BCUT2D eigenvalue weighted by Gasteiger charge is -2.28. The highest BCUT2D eigenvalue weighted by atomic mass is 16.3. The Morgan fingerprint density at radius 2 is 0.938 bits per heavy atom. The SMILES string of the molecule is c1ccc(-c2cccc3ccc4c(c5ccccc5n4-c4cccc(-c5cccc(N(c6cccc(-c7cccc8c7oc7ccccc78)c6)c6cccc7ccccc67)c5)c4)c23)cc1. The summed E-state index contributed by atoms with van der Waals surface area (Å²) >= 11 is 0. The van der Waals surface area contributed by atoms with E-state index in [0.717, 1.165) is 66.9 Å². The zero-order chi connectivity index (χ0) is 42.8. The number of hydrogen-bond donors (Lipinski definition) is 0. The van der Waals surface area contributed by atoms with Gasteiger partial charge in [0.1, 0.15) is 11.2 Å². The van der Waals surface area contributed by atoms with Gasteiger partial charge in [0.25, 0.3) is 0 Å². The molecule has 304 valence electrons. The normalized spacial score (nSPS) is 11.7. The predicted octanol–water partition coefficient (Wildman–Crippen LogP) is 17.5. The molecule has 0 saturated heterocycles. The average Bonchev–Trinajstić information content (AvgIpc) is 3.93. The van der Waals surface area contributed by atoms with Crippen LogP contribution in [-0.2, 0) is 0 Å². The molecule has 13 aromatic rings. The van der Waals surface area contributed by atoms with E-state index in [2.05, 4.69) is 240 Å². The smallest absolute Gasteiger partial charge is 0.143 e. The van der Waals surface area contributed by atoms with E-state index in [1.54, 1.807) is 0 Å². The lowest BCUT2D eigenvalue weighted by molar-refractivity contribution is 0.670. The van der Waals surface area contributed by atoms with Gasteiger partial charge in [0.05, 0.1) is 16.7 Å². The van der Waals surface area contributed by atoms with E-state index >= 15 is 0 Å². The number of hydrogen-bond acceptors (Lipinski definition) is 2. The van der Waals surface area contributed by atoms with Crippen LogP contribution in [-0.4, -0.2) is 4.57 Å². The van der Waals surface area contributed by atoms with E-state index in [9.17, 15) is 0 Å². The van der Waals surface area contributed by atoms with E-state index in [0.29, 0.717) is 0 Å². The van der Waals surface area contributed by atoms with Crippen molar-refractivity contribution in [1.82, 2.24) is 4.57 Å². The van der Waals surface area contributed by atoms with Crippen LogP contribution >= 0.6 is 0 Å². The van der Waals surface area contributed by atoms with Gasteiger partial charge in [-0.25, -0.2) is 0 Å². The molecule has 0 fully saturated rings.